The molecular weight excluding hydrogens is 268 g/mol. The van der Waals surface area contributed by atoms with Crippen LogP contribution in [-0.4, -0.2) is 20.7 Å². The molecule has 0 aliphatic heterocycles. The van der Waals surface area contributed by atoms with E-state index in [-0.39, 0.29) is 17.2 Å². The molecule has 21 heavy (non-hydrogen) atoms. The van der Waals surface area contributed by atoms with Crippen molar-refractivity contribution in [2.24, 2.45) is 7.05 Å². The molecule has 0 atom stereocenters. The van der Waals surface area contributed by atoms with Gasteiger partial charge in [0.1, 0.15) is 5.69 Å². The van der Waals surface area contributed by atoms with E-state index in [1.807, 2.05) is 30.3 Å². The third-order valence-corrected chi connectivity index (χ3v) is 3.04. The number of benzene rings is 1. The summed E-state index contributed by atoms with van der Waals surface area (Å²) in [6, 6.07) is 12.2. The minimum atomic E-state index is -0.386. The second-order valence-electron chi connectivity index (χ2n) is 4.55. The largest absolute Gasteiger partial charge is 0.319 e. The lowest BCUT2D eigenvalue weighted by molar-refractivity contribution is 0.102. The average Bonchev–Trinajstić information content (AvgIpc) is 2.50. The number of nitrogens with one attached hydrogen (secondary N) is 1. The van der Waals surface area contributed by atoms with Crippen LogP contribution in [0.3, 0.4) is 0 Å². The molecule has 0 spiro atoms. The van der Waals surface area contributed by atoms with E-state index < -0.39 is 0 Å². The second-order valence-corrected chi connectivity index (χ2v) is 4.55. The number of carbonyl (C=O) groups excluding carboxylic acids is 1. The van der Waals surface area contributed by atoms with Gasteiger partial charge in [0.05, 0.1) is 17.4 Å². The average molecular weight is 280 g/mol. The molecule has 3 aromatic rings. The summed E-state index contributed by atoms with van der Waals surface area (Å²) in [6.45, 7) is 0. The fraction of sp³-hybridized carbons (Fsp3) is 0.0667. The Balaban J connectivity index is 1.88. The molecule has 0 aliphatic rings. The Kier molecular flexibility index (Phi) is 3.19. The van der Waals surface area contributed by atoms with Crippen molar-refractivity contribution in [3.63, 3.8) is 0 Å². The standard InChI is InChI=1S/C15H12N4O2/c1-19-14(20)7-6-13(18-19)15(21)17-11-8-10-4-2-3-5-12(10)16-9-11/h2-9H,1H3,(H,17,21). The SMILES string of the molecule is Cn1nc(C(=O)Nc2cnc3ccccc3c2)ccc1=O. The number of para-hydroxylation sites is 1. The zero-order valence-electron chi connectivity index (χ0n) is 11.3. The first kappa shape index (κ1) is 13.0. The molecule has 2 aromatic heterocycles. The third-order valence-electron chi connectivity index (χ3n) is 3.04. The molecule has 0 bridgehead atoms. The van der Waals surface area contributed by atoms with Gasteiger partial charge in [-0.1, -0.05) is 18.2 Å². The molecule has 0 unspecified atom stereocenters. The monoisotopic (exact) mass is 280 g/mol. The van der Waals surface area contributed by atoms with E-state index in [0.717, 1.165) is 15.6 Å². The van der Waals surface area contributed by atoms with E-state index in [4.69, 9.17) is 0 Å². The molecule has 104 valence electrons. The van der Waals surface area contributed by atoms with Crippen molar-refractivity contribution in [2.45, 2.75) is 0 Å². The maximum Gasteiger partial charge on any atom is 0.276 e. The minimum Gasteiger partial charge on any atom is -0.319 e. The van der Waals surface area contributed by atoms with Gasteiger partial charge in [0.2, 0.25) is 0 Å². The lowest BCUT2D eigenvalue weighted by Crippen LogP contribution is -2.23. The molecule has 1 amide bonds. The molecule has 1 N–H and O–H groups in total. The van der Waals surface area contributed by atoms with Gasteiger partial charge in [0.25, 0.3) is 11.5 Å². The normalized spacial score (nSPS) is 10.5. The van der Waals surface area contributed by atoms with Crippen LogP contribution in [0.25, 0.3) is 10.9 Å². The van der Waals surface area contributed by atoms with Gasteiger partial charge < -0.3 is 5.32 Å². The second kappa shape index (κ2) is 5.16. The number of anilines is 1. The molecule has 3 rings (SSSR count). The third kappa shape index (κ3) is 2.64. The van der Waals surface area contributed by atoms with Crippen molar-refractivity contribution in [2.75, 3.05) is 5.32 Å². The fourth-order valence-electron chi connectivity index (χ4n) is 1.96. The number of hydrogen-bond donors (Lipinski definition) is 1. The highest BCUT2D eigenvalue weighted by Gasteiger charge is 2.09. The summed E-state index contributed by atoms with van der Waals surface area (Å²) in [7, 11) is 1.50. The van der Waals surface area contributed by atoms with Gasteiger partial charge in [0.15, 0.2) is 0 Å². The fourth-order valence-corrected chi connectivity index (χ4v) is 1.96. The quantitative estimate of drug-likeness (QED) is 0.773. The predicted octanol–water partition coefficient (Wildman–Crippen LogP) is 1.58. The van der Waals surface area contributed by atoms with Crippen LogP contribution in [0.5, 0.6) is 0 Å². The zero-order valence-corrected chi connectivity index (χ0v) is 11.3. The smallest absolute Gasteiger partial charge is 0.276 e. The van der Waals surface area contributed by atoms with Gasteiger partial charge in [0, 0.05) is 18.5 Å². The van der Waals surface area contributed by atoms with E-state index in [1.54, 1.807) is 6.20 Å². The first-order valence-corrected chi connectivity index (χ1v) is 6.34. The predicted molar refractivity (Wildman–Crippen MR) is 79.2 cm³/mol. The number of amides is 1. The van der Waals surface area contributed by atoms with Gasteiger partial charge in [-0.05, 0) is 18.2 Å². The summed E-state index contributed by atoms with van der Waals surface area (Å²) in [5, 5.41) is 7.55. The number of pyridine rings is 1. The molecule has 0 saturated carbocycles. The van der Waals surface area contributed by atoms with Gasteiger partial charge in [-0.3, -0.25) is 14.6 Å². The molecule has 6 heteroatoms. The number of fused-ring (bicyclic) bond motifs is 1. The van der Waals surface area contributed by atoms with Gasteiger partial charge in [-0.15, -0.1) is 0 Å². The number of nitrogens with zero attached hydrogens (tertiary/aromatic N) is 3. The molecule has 2 heterocycles. The maximum atomic E-state index is 12.1. The highest BCUT2D eigenvalue weighted by Crippen LogP contribution is 2.16. The molecule has 6 nitrogen and oxygen atoms in total. The molecule has 0 saturated heterocycles. The Morgan fingerprint density at radius 2 is 2.00 bits per heavy atom. The van der Waals surface area contributed by atoms with Crippen molar-refractivity contribution >= 4 is 22.5 Å². The van der Waals surface area contributed by atoms with Crippen LogP contribution in [0.15, 0.2) is 53.5 Å². The highest BCUT2D eigenvalue weighted by atomic mass is 16.2. The van der Waals surface area contributed by atoms with Crippen LogP contribution in [0.2, 0.25) is 0 Å². The topological polar surface area (TPSA) is 76.9 Å². The summed E-state index contributed by atoms with van der Waals surface area (Å²) >= 11 is 0. The van der Waals surface area contributed by atoms with Gasteiger partial charge in [-0.25, -0.2) is 4.68 Å². The number of aromatic nitrogens is 3. The summed E-state index contributed by atoms with van der Waals surface area (Å²) in [5.41, 5.74) is 1.34. The number of aryl methyl sites for hydroxylation is 1. The molecule has 1 aromatic carbocycles. The summed E-state index contributed by atoms with van der Waals surface area (Å²) < 4.78 is 1.12. The van der Waals surface area contributed by atoms with E-state index in [9.17, 15) is 9.59 Å². The Morgan fingerprint density at radius 3 is 2.81 bits per heavy atom. The van der Waals surface area contributed by atoms with Crippen molar-refractivity contribution in [3.8, 4) is 0 Å². The first-order chi connectivity index (χ1) is 10.1. The molecule has 0 aliphatic carbocycles. The number of rotatable bonds is 2. The Labute approximate surface area is 120 Å². The Bertz CT molecular complexity index is 886. The van der Waals surface area contributed by atoms with Crippen molar-refractivity contribution in [1.82, 2.24) is 14.8 Å². The Morgan fingerprint density at radius 1 is 1.19 bits per heavy atom. The van der Waals surface area contributed by atoms with Crippen molar-refractivity contribution in [3.05, 3.63) is 64.7 Å². The highest BCUT2D eigenvalue weighted by molar-refractivity contribution is 6.03. The minimum absolute atomic E-state index is 0.172. The van der Waals surface area contributed by atoms with E-state index >= 15 is 0 Å². The number of carbonyl (C=O) groups is 1. The van der Waals surface area contributed by atoms with E-state index in [0.29, 0.717) is 5.69 Å². The molecule has 0 radical (unpaired) electrons. The van der Waals surface area contributed by atoms with E-state index in [1.165, 1.54) is 19.2 Å². The van der Waals surface area contributed by atoms with Crippen LogP contribution < -0.4 is 10.9 Å². The van der Waals surface area contributed by atoms with E-state index in [2.05, 4.69) is 15.4 Å². The summed E-state index contributed by atoms with van der Waals surface area (Å²) in [4.78, 5) is 27.6. The van der Waals surface area contributed by atoms with Crippen molar-refractivity contribution in [1.29, 1.82) is 0 Å². The maximum absolute atomic E-state index is 12.1. The van der Waals surface area contributed by atoms with Crippen molar-refractivity contribution < 1.29 is 4.79 Å². The van der Waals surface area contributed by atoms with Gasteiger partial charge in [-0.2, -0.15) is 5.10 Å². The first-order valence-electron chi connectivity index (χ1n) is 6.34. The zero-order chi connectivity index (χ0) is 14.8. The molecule has 0 fully saturated rings. The molecular formula is C15H12N4O2. The summed E-state index contributed by atoms with van der Waals surface area (Å²) in [5.74, 6) is -0.386. The number of hydrogen-bond acceptors (Lipinski definition) is 4. The Hall–Kier alpha value is -3.02. The van der Waals surface area contributed by atoms with Crippen LogP contribution in [-0.2, 0) is 7.05 Å². The van der Waals surface area contributed by atoms with Gasteiger partial charge >= 0.3 is 0 Å². The van der Waals surface area contributed by atoms with Crippen LogP contribution in [0.4, 0.5) is 5.69 Å². The lowest BCUT2D eigenvalue weighted by atomic mass is 10.2. The van der Waals surface area contributed by atoms with Crippen LogP contribution >= 0.6 is 0 Å². The summed E-state index contributed by atoms with van der Waals surface area (Å²) in [6.07, 6.45) is 1.59. The van der Waals surface area contributed by atoms with Crippen LogP contribution in [0, 0.1) is 0 Å². The lowest BCUT2D eigenvalue weighted by Gasteiger charge is -2.06. The van der Waals surface area contributed by atoms with Crippen LogP contribution in [0.1, 0.15) is 10.5 Å².